The summed E-state index contributed by atoms with van der Waals surface area (Å²) < 4.78 is 10.8. The van der Waals surface area contributed by atoms with Gasteiger partial charge in [-0.15, -0.1) is 0 Å². The Kier molecular flexibility index (Phi) is 3.86. The van der Waals surface area contributed by atoms with Crippen molar-refractivity contribution in [3.05, 3.63) is 29.5 Å². The monoisotopic (exact) mass is 274 g/mol. The first kappa shape index (κ1) is 14.6. The molecule has 0 saturated heterocycles. The van der Waals surface area contributed by atoms with E-state index < -0.39 is 0 Å². The van der Waals surface area contributed by atoms with Gasteiger partial charge in [0, 0.05) is 22.7 Å². The van der Waals surface area contributed by atoms with E-state index in [2.05, 4.69) is 11.1 Å². The average Bonchev–Trinajstić information content (AvgIpc) is 2.35. The Hall–Kier alpha value is -1.81. The van der Waals surface area contributed by atoms with Gasteiger partial charge >= 0.3 is 0 Å². The summed E-state index contributed by atoms with van der Waals surface area (Å²) in [6.45, 7) is 6.02. The SMILES string of the molecule is COc1cc(OC)c2nc(C)cc(CC(C)(C)N)c2c1. The highest BCUT2D eigenvalue weighted by Crippen LogP contribution is 2.33. The molecule has 2 aromatic rings. The highest BCUT2D eigenvalue weighted by molar-refractivity contribution is 5.89. The molecule has 4 nitrogen and oxygen atoms in total. The van der Waals surface area contributed by atoms with Crippen LogP contribution in [-0.2, 0) is 6.42 Å². The first-order chi connectivity index (χ1) is 9.34. The van der Waals surface area contributed by atoms with Crippen LogP contribution in [0.2, 0.25) is 0 Å². The Morgan fingerprint density at radius 1 is 1.15 bits per heavy atom. The molecular weight excluding hydrogens is 252 g/mol. The summed E-state index contributed by atoms with van der Waals surface area (Å²) in [4.78, 5) is 4.59. The van der Waals surface area contributed by atoms with Crippen molar-refractivity contribution in [1.29, 1.82) is 0 Å². The lowest BCUT2D eigenvalue weighted by molar-refractivity contribution is 0.397. The summed E-state index contributed by atoms with van der Waals surface area (Å²) in [6.07, 6.45) is 0.767. The van der Waals surface area contributed by atoms with E-state index in [1.54, 1.807) is 14.2 Å². The van der Waals surface area contributed by atoms with E-state index in [1.807, 2.05) is 32.9 Å². The van der Waals surface area contributed by atoms with E-state index >= 15 is 0 Å². The summed E-state index contributed by atoms with van der Waals surface area (Å²) in [6, 6.07) is 5.92. The van der Waals surface area contributed by atoms with Crippen LogP contribution < -0.4 is 15.2 Å². The third kappa shape index (κ3) is 3.02. The molecule has 20 heavy (non-hydrogen) atoms. The van der Waals surface area contributed by atoms with E-state index in [0.717, 1.165) is 40.1 Å². The number of methoxy groups -OCH3 is 2. The highest BCUT2D eigenvalue weighted by Gasteiger charge is 2.17. The van der Waals surface area contributed by atoms with Gasteiger partial charge in [-0.05, 0) is 44.9 Å². The fraction of sp³-hybridized carbons (Fsp3) is 0.438. The van der Waals surface area contributed by atoms with Gasteiger partial charge in [-0.1, -0.05) is 0 Å². The molecule has 0 saturated carbocycles. The van der Waals surface area contributed by atoms with Crippen LogP contribution in [0.3, 0.4) is 0 Å². The maximum absolute atomic E-state index is 6.17. The number of pyridine rings is 1. The number of ether oxygens (including phenoxy) is 2. The van der Waals surface area contributed by atoms with Gasteiger partial charge in [0.05, 0.1) is 14.2 Å². The molecule has 0 aliphatic carbocycles. The van der Waals surface area contributed by atoms with Crippen LogP contribution >= 0.6 is 0 Å². The smallest absolute Gasteiger partial charge is 0.148 e. The molecule has 4 heteroatoms. The second-order valence-corrected chi connectivity index (χ2v) is 5.81. The fourth-order valence-corrected chi connectivity index (χ4v) is 2.39. The molecule has 1 heterocycles. The predicted octanol–water partition coefficient (Wildman–Crippen LogP) is 2.84. The van der Waals surface area contributed by atoms with Gasteiger partial charge in [0.2, 0.25) is 0 Å². The van der Waals surface area contributed by atoms with Crippen molar-refractivity contribution in [2.75, 3.05) is 14.2 Å². The standard InChI is InChI=1S/C16H22N2O2/c1-10-6-11(9-16(2,3)17)13-7-12(19-4)8-14(20-5)15(13)18-10/h6-8H,9,17H2,1-5H3. The molecule has 0 radical (unpaired) electrons. The van der Waals surface area contributed by atoms with E-state index in [9.17, 15) is 0 Å². The van der Waals surface area contributed by atoms with Crippen molar-refractivity contribution in [2.45, 2.75) is 32.7 Å². The predicted molar refractivity (Wildman–Crippen MR) is 81.6 cm³/mol. The van der Waals surface area contributed by atoms with Gasteiger partial charge in [-0.25, -0.2) is 4.98 Å². The molecule has 0 atom stereocenters. The summed E-state index contributed by atoms with van der Waals surface area (Å²) in [5.74, 6) is 1.48. The molecule has 0 aliphatic rings. The van der Waals surface area contributed by atoms with Crippen LogP contribution in [0.5, 0.6) is 11.5 Å². The zero-order valence-corrected chi connectivity index (χ0v) is 12.8. The van der Waals surface area contributed by atoms with Gasteiger partial charge in [-0.3, -0.25) is 0 Å². The minimum atomic E-state index is -0.281. The number of aromatic nitrogens is 1. The van der Waals surface area contributed by atoms with Gasteiger partial charge in [0.1, 0.15) is 17.0 Å². The number of hydrogen-bond acceptors (Lipinski definition) is 4. The summed E-state index contributed by atoms with van der Waals surface area (Å²) in [5, 5.41) is 1.03. The van der Waals surface area contributed by atoms with Crippen LogP contribution in [0.15, 0.2) is 18.2 Å². The first-order valence-electron chi connectivity index (χ1n) is 6.65. The van der Waals surface area contributed by atoms with Gasteiger partial charge in [0.25, 0.3) is 0 Å². The van der Waals surface area contributed by atoms with Crippen LogP contribution in [0.1, 0.15) is 25.1 Å². The summed E-state index contributed by atoms with van der Waals surface area (Å²) >= 11 is 0. The van der Waals surface area contributed by atoms with E-state index in [4.69, 9.17) is 15.2 Å². The lowest BCUT2D eigenvalue weighted by atomic mass is 9.93. The third-order valence-electron chi connectivity index (χ3n) is 3.17. The van der Waals surface area contributed by atoms with Crippen molar-refractivity contribution in [3.63, 3.8) is 0 Å². The molecule has 2 N–H and O–H groups in total. The zero-order valence-electron chi connectivity index (χ0n) is 12.8. The number of nitrogens with zero attached hydrogens (tertiary/aromatic N) is 1. The Balaban J connectivity index is 2.73. The average molecular weight is 274 g/mol. The summed E-state index contributed by atoms with van der Waals surface area (Å²) in [7, 11) is 3.29. The van der Waals surface area contributed by atoms with Crippen LogP contribution in [0, 0.1) is 6.92 Å². The van der Waals surface area contributed by atoms with Gasteiger partial charge in [-0.2, -0.15) is 0 Å². The lowest BCUT2D eigenvalue weighted by Crippen LogP contribution is -2.34. The minimum absolute atomic E-state index is 0.281. The molecule has 2 rings (SSSR count). The molecule has 1 aromatic carbocycles. The second-order valence-electron chi connectivity index (χ2n) is 5.81. The van der Waals surface area contributed by atoms with Crippen LogP contribution in [0.25, 0.3) is 10.9 Å². The lowest BCUT2D eigenvalue weighted by Gasteiger charge is -2.20. The topological polar surface area (TPSA) is 57.4 Å². The number of nitrogens with two attached hydrogens (primary N) is 1. The number of fused-ring (bicyclic) bond motifs is 1. The minimum Gasteiger partial charge on any atom is -0.497 e. The first-order valence-corrected chi connectivity index (χ1v) is 6.65. The molecule has 0 spiro atoms. The van der Waals surface area contributed by atoms with Crippen molar-refractivity contribution in [2.24, 2.45) is 5.73 Å². The quantitative estimate of drug-likeness (QED) is 0.931. The van der Waals surface area contributed by atoms with Gasteiger partial charge in [0.15, 0.2) is 0 Å². The Morgan fingerprint density at radius 3 is 2.40 bits per heavy atom. The van der Waals surface area contributed by atoms with Gasteiger partial charge < -0.3 is 15.2 Å². The molecule has 0 fully saturated rings. The molecule has 0 aliphatic heterocycles. The zero-order chi connectivity index (χ0) is 14.9. The maximum Gasteiger partial charge on any atom is 0.148 e. The molecule has 0 amide bonds. The molecule has 0 bridgehead atoms. The van der Waals surface area contributed by atoms with Crippen molar-refractivity contribution in [3.8, 4) is 11.5 Å². The van der Waals surface area contributed by atoms with E-state index in [0.29, 0.717) is 0 Å². The highest BCUT2D eigenvalue weighted by atomic mass is 16.5. The number of aryl methyl sites for hydroxylation is 1. The second kappa shape index (κ2) is 5.29. The molecule has 0 unspecified atom stereocenters. The fourth-order valence-electron chi connectivity index (χ4n) is 2.39. The third-order valence-corrected chi connectivity index (χ3v) is 3.17. The maximum atomic E-state index is 6.17. The largest absolute Gasteiger partial charge is 0.497 e. The van der Waals surface area contributed by atoms with Crippen molar-refractivity contribution in [1.82, 2.24) is 4.98 Å². The van der Waals surface area contributed by atoms with Crippen LogP contribution in [-0.4, -0.2) is 24.7 Å². The summed E-state index contributed by atoms with van der Waals surface area (Å²) in [5.41, 5.74) is 8.86. The number of benzene rings is 1. The Morgan fingerprint density at radius 2 is 1.85 bits per heavy atom. The number of rotatable bonds is 4. The molecule has 108 valence electrons. The van der Waals surface area contributed by atoms with E-state index in [-0.39, 0.29) is 5.54 Å². The van der Waals surface area contributed by atoms with Crippen LogP contribution in [0.4, 0.5) is 0 Å². The van der Waals surface area contributed by atoms with E-state index in [1.165, 1.54) is 0 Å². The normalized spacial score (nSPS) is 11.7. The Bertz CT molecular complexity index is 630. The Labute approximate surface area is 119 Å². The molecular formula is C16H22N2O2. The van der Waals surface area contributed by atoms with Crippen molar-refractivity contribution < 1.29 is 9.47 Å². The number of hydrogen-bond donors (Lipinski definition) is 1. The van der Waals surface area contributed by atoms with Crippen molar-refractivity contribution >= 4 is 10.9 Å². The molecule has 1 aromatic heterocycles.